The van der Waals surface area contributed by atoms with Crippen LogP contribution in [0.4, 0.5) is 0 Å². The summed E-state index contributed by atoms with van der Waals surface area (Å²) in [5, 5.41) is 14.0. The van der Waals surface area contributed by atoms with Crippen molar-refractivity contribution < 1.29 is 9.90 Å². The molecule has 0 fully saturated rings. The van der Waals surface area contributed by atoms with E-state index in [1.54, 1.807) is 36.4 Å². The predicted molar refractivity (Wildman–Crippen MR) is 113 cm³/mol. The summed E-state index contributed by atoms with van der Waals surface area (Å²) in [5.74, 6) is 0.635. The largest absolute Gasteiger partial charge is 0.396 e. The van der Waals surface area contributed by atoms with E-state index in [1.807, 2.05) is 26.0 Å². The summed E-state index contributed by atoms with van der Waals surface area (Å²) in [5.41, 5.74) is 1.76. The topological polar surface area (TPSA) is 77.1 Å². The zero-order valence-electron chi connectivity index (χ0n) is 16.5. The van der Waals surface area contributed by atoms with Crippen molar-refractivity contribution in [1.29, 1.82) is 0 Å². The second-order valence-corrected chi connectivity index (χ2v) is 7.82. The summed E-state index contributed by atoms with van der Waals surface area (Å²) < 4.78 is 2.73. The summed E-state index contributed by atoms with van der Waals surface area (Å²) in [6.45, 7) is 4.02. The van der Waals surface area contributed by atoms with Crippen molar-refractivity contribution in [2.24, 2.45) is 5.92 Å². The number of carbonyl (C=O) groups excluding carboxylic acids is 1. The van der Waals surface area contributed by atoms with Crippen LogP contribution in [-0.4, -0.2) is 31.8 Å². The molecule has 0 amide bonds. The molecule has 1 N–H and O–H groups in total. The number of Topliss-reactive ketones (excluding diaryl/α,β-unsaturated/α-hetero) is 1. The minimum Gasteiger partial charge on any atom is -0.396 e. The van der Waals surface area contributed by atoms with Gasteiger partial charge in [-0.1, -0.05) is 43.6 Å². The van der Waals surface area contributed by atoms with Crippen molar-refractivity contribution in [3.63, 3.8) is 0 Å². The maximum absolute atomic E-state index is 13.2. The van der Waals surface area contributed by atoms with Crippen LogP contribution in [0.1, 0.15) is 31.7 Å². The molecular formula is C22H24ClN3O3. The third-order valence-corrected chi connectivity index (χ3v) is 4.72. The standard InChI is InChI=1S/C22H24ClN3O3/c1-15(2)12-20(28)14-21-24-26(18-8-6-16(7-9-18)10-11-27)22(29)25(21)19-5-3-4-17(23)13-19/h3-9,13,15,27H,10-12,14H2,1-2H3. The Bertz CT molecular complexity index is 1050. The Balaban J connectivity index is 2.07. The fourth-order valence-corrected chi connectivity index (χ4v) is 3.39. The number of hydrogen-bond donors (Lipinski definition) is 1. The average Bonchev–Trinajstić information content (AvgIpc) is 2.98. The number of nitrogens with zero attached hydrogens (tertiary/aromatic N) is 3. The molecule has 0 saturated carbocycles. The number of aliphatic hydroxyl groups excluding tert-OH is 1. The van der Waals surface area contributed by atoms with E-state index in [0.29, 0.717) is 35.1 Å². The van der Waals surface area contributed by atoms with Gasteiger partial charge in [-0.25, -0.2) is 9.36 Å². The molecule has 1 heterocycles. The van der Waals surface area contributed by atoms with Crippen LogP contribution < -0.4 is 5.69 Å². The van der Waals surface area contributed by atoms with Crippen LogP contribution in [0, 0.1) is 5.92 Å². The minimum atomic E-state index is -0.366. The smallest absolute Gasteiger partial charge is 0.355 e. The highest BCUT2D eigenvalue weighted by atomic mass is 35.5. The number of ketones is 1. The van der Waals surface area contributed by atoms with Gasteiger partial charge in [0.2, 0.25) is 0 Å². The number of aliphatic hydroxyl groups is 1. The molecule has 0 bridgehead atoms. The highest BCUT2D eigenvalue weighted by Crippen LogP contribution is 2.17. The molecule has 1 aromatic heterocycles. The first-order valence-corrected chi connectivity index (χ1v) is 9.95. The Morgan fingerprint density at radius 1 is 1.14 bits per heavy atom. The van der Waals surface area contributed by atoms with Crippen molar-refractivity contribution in [2.75, 3.05) is 6.61 Å². The Morgan fingerprint density at radius 2 is 1.86 bits per heavy atom. The van der Waals surface area contributed by atoms with Gasteiger partial charge in [-0.2, -0.15) is 4.68 Å². The van der Waals surface area contributed by atoms with E-state index in [9.17, 15) is 9.59 Å². The molecule has 2 aromatic carbocycles. The van der Waals surface area contributed by atoms with Gasteiger partial charge in [-0.15, -0.1) is 5.10 Å². The quantitative estimate of drug-likeness (QED) is 0.614. The van der Waals surface area contributed by atoms with Gasteiger partial charge in [0.25, 0.3) is 0 Å². The molecule has 0 unspecified atom stereocenters. The zero-order valence-corrected chi connectivity index (χ0v) is 17.3. The lowest BCUT2D eigenvalue weighted by Crippen LogP contribution is -2.23. The third kappa shape index (κ3) is 5.02. The monoisotopic (exact) mass is 413 g/mol. The number of carbonyl (C=O) groups is 1. The predicted octanol–water partition coefficient (Wildman–Crippen LogP) is 3.37. The van der Waals surface area contributed by atoms with Crippen LogP contribution in [0.3, 0.4) is 0 Å². The zero-order chi connectivity index (χ0) is 21.0. The molecule has 0 atom stereocenters. The molecule has 152 valence electrons. The maximum atomic E-state index is 13.2. The van der Waals surface area contributed by atoms with Gasteiger partial charge in [0.15, 0.2) is 0 Å². The summed E-state index contributed by atoms with van der Waals surface area (Å²) in [6.07, 6.45) is 1.03. The van der Waals surface area contributed by atoms with E-state index in [4.69, 9.17) is 16.7 Å². The number of aromatic nitrogens is 3. The molecule has 3 aromatic rings. The second kappa shape index (κ2) is 9.20. The first-order chi connectivity index (χ1) is 13.9. The number of benzene rings is 2. The Labute approximate surface area is 174 Å². The molecule has 3 rings (SSSR count). The van der Waals surface area contributed by atoms with Gasteiger partial charge in [-0.05, 0) is 48.2 Å². The van der Waals surface area contributed by atoms with E-state index in [2.05, 4.69) is 5.10 Å². The van der Waals surface area contributed by atoms with Crippen LogP contribution in [0.15, 0.2) is 53.3 Å². The highest BCUT2D eigenvalue weighted by Gasteiger charge is 2.19. The lowest BCUT2D eigenvalue weighted by atomic mass is 10.1. The normalized spacial score (nSPS) is 11.2. The first-order valence-electron chi connectivity index (χ1n) is 9.57. The first kappa shape index (κ1) is 21.0. The summed E-state index contributed by atoms with van der Waals surface area (Å²) in [7, 11) is 0. The van der Waals surface area contributed by atoms with Gasteiger partial charge in [0.1, 0.15) is 11.6 Å². The molecule has 7 heteroatoms. The van der Waals surface area contributed by atoms with E-state index in [-0.39, 0.29) is 30.4 Å². The average molecular weight is 414 g/mol. The number of hydrogen-bond acceptors (Lipinski definition) is 4. The maximum Gasteiger partial charge on any atom is 0.355 e. The third-order valence-electron chi connectivity index (χ3n) is 4.49. The van der Waals surface area contributed by atoms with E-state index < -0.39 is 0 Å². The molecule has 0 radical (unpaired) electrons. The molecule has 0 aliphatic rings. The molecule has 6 nitrogen and oxygen atoms in total. The molecular weight excluding hydrogens is 390 g/mol. The van der Waals surface area contributed by atoms with Crippen molar-refractivity contribution in [2.45, 2.75) is 33.1 Å². The Morgan fingerprint density at radius 3 is 2.48 bits per heavy atom. The molecule has 0 saturated heterocycles. The highest BCUT2D eigenvalue weighted by molar-refractivity contribution is 6.30. The summed E-state index contributed by atoms with van der Waals surface area (Å²) in [4.78, 5) is 25.6. The fraction of sp³-hybridized carbons (Fsp3) is 0.318. The van der Waals surface area contributed by atoms with Gasteiger partial charge in [0, 0.05) is 18.1 Å². The lowest BCUT2D eigenvalue weighted by Gasteiger charge is -2.06. The molecule has 0 spiro atoms. The second-order valence-electron chi connectivity index (χ2n) is 7.38. The Hall–Kier alpha value is -2.70. The van der Waals surface area contributed by atoms with E-state index >= 15 is 0 Å². The van der Waals surface area contributed by atoms with Gasteiger partial charge < -0.3 is 5.11 Å². The summed E-state index contributed by atoms with van der Waals surface area (Å²) >= 11 is 6.11. The van der Waals surface area contributed by atoms with Crippen LogP contribution in [0.5, 0.6) is 0 Å². The van der Waals surface area contributed by atoms with E-state index in [1.165, 1.54) is 9.25 Å². The van der Waals surface area contributed by atoms with Crippen LogP contribution in [0.2, 0.25) is 5.02 Å². The van der Waals surface area contributed by atoms with Crippen molar-refractivity contribution in [1.82, 2.24) is 14.3 Å². The minimum absolute atomic E-state index is 0.0266. The van der Waals surface area contributed by atoms with Crippen LogP contribution >= 0.6 is 11.6 Å². The van der Waals surface area contributed by atoms with Crippen molar-refractivity contribution in [3.8, 4) is 11.4 Å². The van der Waals surface area contributed by atoms with Gasteiger partial charge in [-0.3, -0.25) is 4.79 Å². The lowest BCUT2D eigenvalue weighted by molar-refractivity contribution is -0.119. The SMILES string of the molecule is CC(C)CC(=O)Cc1nn(-c2ccc(CCO)cc2)c(=O)n1-c1cccc(Cl)c1. The number of halogens is 1. The van der Waals surface area contributed by atoms with E-state index in [0.717, 1.165) is 5.56 Å². The number of rotatable bonds is 8. The van der Waals surface area contributed by atoms with Crippen LogP contribution in [-0.2, 0) is 17.6 Å². The Kier molecular flexibility index (Phi) is 6.67. The van der Waals surface area contributed by atoms with Gasteiger partial charge >= 0.3 is 5.69 Å². The van der Waals surface area contributed by atoms with Crippen molar-refractivity contribution in [3.05, 3.63) is 75.4 Å². The molecule has 29 heavy (non-hydrogen) atoms. The molecule has 0 aliphatic carbocycles. The van der Waals surface area contributed by atoms with Crippen LogP contribution in [0.25, 0.3) is 11.4 Å². The molecule has 0 aliphatic heterocycles. The summed E-state index contributed by atoms with van der Waals surface area (Å²) in [6, 6.07) is 14.2. The fourth-order valence-electron chi connectivity index (χ4n) is 3.20. The van der Waals surface area contributed by atoms with Gasteiger partial charge in [0.05, 0.1) is 17.8 Å². The van der Waals surface area contributed by atoms with Crippen molar-refractivity contribution >= 4 is 17.4 Å².